The molecule has 0 aliphatic carbocycles. The van der Waals surface area contributed by atoms with Crippen LogP contribution in [0.15, 0.2) is 35.3 Å². The van der Waals surface area contributed by atoms with Crippen LogP contribution in [0.1, 0.15) is 23.7 Å². The lowest BCUT2D eigenvalue weighted by atomic mass is 10.2. The maximum Gasteiger partial charge on any atom is 0.259 e. The number of aromatic nitrogens is 1. The van der Waals surface area contributed by atoms with Crippen LogP contribution in [0.4, 0.5) is 11.4 Å². The maximum absolute atomic E-state index is 12.1. The van der Waals surface area contributed by atoms with Crippen molar-refractivity contribution in [1.29, 1.82) is 0 Å². The summed E-state index contributed by atoms with van der Waals surface area (Å²) in [6.45, 7) is 2.92. The Morgan fingerprint density at radius 2 is 2.33 bits per heavy atom. The molecule has 0 bridgehead atoms. The molecule has 0 aromatic carbocycles. The molecule has 2 aromatic heterocycles. The van der Waals surface area contributed by atoms with E-state index in [9.17, 15) is 4.79 Å². The minimum absolute atomic E-state index is 0.139. The van der Waals surface area contributed by atoms with Crippen LogP contribution in [0.5, 0.6) is 0 Å². The number of nitrogens with one attached hydrogen (secondary N) is 2. The molecular weight excluding hydrogens is 246 g/mol. The molecule has 2 rings (SSSR count). The van der Waals surface area contributed by atoms with Gasteiger partial charge in [0, 0.05) is 24.3 Å². The van der Waals surface area contributed by atoms with Gasteiger partial charge in [-0.3, -0.25) is 9.78 Å². The van der Waals surface area contributed by atoms with E-state index in [4.69, 9.17) is 0 Å². The molecule has 0 saturated heterocycles. The lowest BCUT2D eigenvalue weighted by Gasteiger charge is -2.10. The van der Waals surface area contributed by atoms with E-state index in [1.165, 1.54) is 0 Å². The Hall–Kier alpha value is -1.88. The first-order valence-corrected chi connectivity index (χ1v) is 6.77. The summed E-state index contributed by atoms with van der Waals surface area (Å²) in [7, 11) is 0. The number of carbonyl (C=O) groups excluding carboxylic acids is 1. The van der Waals surface area contributed by atoms with Crippen molar-refractivity contribution < 1.29 is 4.79 Å². The molecule has 0 fully saturated rings. The van der Waals surface area contributed by atoms with Crippen LogP contribution in [0, 0.1) is 0 Å². The summed E-state index contributed by atoms with van der Waals surface area (Å²) in [5.74, 6) is -0.139. The number of amides is 1. The number of hydrogen-bond acceptors (Lipinski definition) is 4. The summed E-state index contributed by atoms with van der Waals surface area (Å²) in [5, 5.41) is 9.89. The standard InChI is InChI=1S/C13H15N3OS/c1-2-5-15-12-3-6-14-8-11(12)13(17)16-10-4-7-18-9-10/h3-4,6-9H,2,5H2,1H3,(H,14,15)(H,16,17). The van der Waals surface area contributed by atoms with Gasteiger partial charge in [-0.2, -0.15) is 11.3 Å². The number of anilines is 2. The Kier molecular flexibility index (Phi) is 4.30. The van der Waals surface area contributed by atoms with Crippen LogP contribution < -0.4 is 10.6 Å². The highest BCUT2D eigenvalue weighted by atomic mass is 32.1. The highest BCUT2D eigenvalue weighted by Crippen LogP contribution is 2.17. The molecule has 4 nitrogen and oxygen atoms in total. The Bertz CT molecular complexity index is 511. The first-order chi connectivity index (χ1) is 8.81. The zero-order valence-electron chi connectivity index (χ0n) is 10.1. The van der Waals surface area contributed by atoms with Crippen molar-refractivity contribution in [1.82, 2.24) is 4.98 Å². The minimum atomic E-state index is -0.139. The number of nitrogens with zero attached hydrogens (tertiary/aromatic N) is 1. The van der Waals surface area contributed by atoms with Crippen molar-refractivity contribution in [2.45, 2.75) is 13.3 Å². The fourth-order valence-electron chi connectivity index (χ4n) is 1.52. The fraction of sp³-hybridized carbons (Fsp3) is 0.231. The van der Waals surface area contributed by atoms with Crippen LogP contribution in [0.3, 0.4) is 0 Å². The molecule has 0 spiro atoms. The average molecular weight is 261 g/mol. The largest absolute Gasteiger partial charge is 0.384 e. The van der Waals surface area contributed by atoms with Crippen LogP contribution in [0.2, 0.25) is 0 Å². The van der Waals surface area contributed by atoms with E-state index in [1.807, 2.05) is 22.9 Å². The molecule has 0 aliphatic rings. The number of pyridine rings is 1. The quantitative estimate of drug-likeness (QED) is 0.869. The Morgan fingerprint density at radius 3 is 3.06 bits per heavy atom. The molecule has 0 radical (unpaired) electrons. The second-order valence-corrected chi connectivity index (χ2v) is 4.59. The molecule has 2 heterocycles. The monoisotopic (exact) mass is 261 g/mol. The molecular formula is C13H15N3OS. The van der Waals surface area contributed by atoms with Crippen molar-refractivity contribution in [3.8, 4) is 0 Å². The summed E-state index contributed by atoms with van der Waals surface area (Å²) in [5.41, 5.74) is 2.20. The van der Waals surface area contributed by atoms with E-state index >= 15 is 0 Å². The van der Waals surface area contributed by atoms with Crippen molar-refractivity contribution in [2.75, 3.05) is 17.2 Å². The summed E-state index contributed by atoms with van der Waals surface area (Å²) < 4.78 is 0. The summed E-state index contributed by atoms with van der Waals surface area (Å²) >= 11 is 1.55. The van der Waals surface area contributed by atoms with Gasteiger partial charge in [-0.1, -0.05) is 6.92 Å². The summed E-state index contributed by atoms with van der Waals surface area (Å²) in [6, 6.07) is 3.69. The zero-order valence-corrected chi connectivity index (χ0v) is 11.0. The Labute approximate surface area is 110 Å². The average Bonchev–Trinajstić information content (AvgIpc) is 2.89. The normalized spacial score (nSPS) is 10.1. The molecule has 94 valence electrons. The van der Waals surface area contributed by atoms with Crippen LogP contribution in [-0.4, -0.2) is 17.4 Å². The third-order valence-electron chi connectivity index (χ3n) is 2.41. The van der Waals surface area contributed by atoms with E-state index in [-0.39, 0.29) is 5.91 Å². The van der Waals surface area contributed by atoms with E-state index in [0.29, 0.717) is 5.56 Å². The number of rotatable bonds is 5. The lowest BCUT2D eigenvalue weighted by molar-refractivity contribution is 0.102. The minimum Gasteiger partial charge on any atom is -0.384 e. The van der Waals surface area contributed by atoms with Crippen molar-refractivity contribution in [3.63, 3.8) is 0 Å². The van der Waals surface area contributed by atoms with E-state index in [2.05, 4.69) is 22.5 Å². The van der Waals surface area contributed by atoms with Gasteiger partial charge in [0.05, 0.1) is 16.9 Å². The predicted molar refractivity (Wildman–Crippen MR) is 75.3 cm³/mol. The topological polar surface area (TPSA) is 54.0 Å². The summed E-state index contributed by atoms with van der Waals surface area (Å²) in [6.07, 6.45) is 4.27. The van der Waals surface area contributed by atoms with E-state index in [0.717, 1.165) is 24.3 Å². The lowest BCUT2D eigenvalue weighted by Crippen LogP contribution is -2.15. The molecule has 0 atom stereocenters. The third kappa shape index (κ3) is 3.07. The van der Waals surface area contributed by atoms with Crippen molar-refractivity contribution in [3.05, 3.63) is 40.8 Å². The Morgan fingerprint density at radius 1 is 1.44 bits per heavy atom. The van der Waals surface area contributed by atoms with Gasteiger partial charge in [0.15, 0.2) is 0 Å². The number of hydrogen-bond donors (Lipinski definition) is 2. The van der Waals surface area contributed by atoms with E-state index < -0.39 is 0 Å². The molecule has 2 N–H and O–H groups in total. The molecule has 0 aliphatic heterocycles. The second-order valence-electron chi connectivity index (χ2n) is 3.81. The van der Waals surface area contributed by atoms with Gasteiger partial charge in [-0.15, -0.1) is 0 Å². The number of carbonyl (C=O) groups is 1. The third-order valence-corrected chi connectivity index (χ3v) is 3.09. The molecule has 0 unspecified atom stereocenters. The van der Waals surface area contributed by atoms with Crippen LogP contribution in [-0.2, 0) is 0 Å². The molecule has 1 amide bonds. The van der Waals surface area contributed by atoms with Crippen LogP contribution in [0.25, 0.3) is 0 Å². The molecule has 5 heteroatoms. The smallest absolute Gasteiger partial charge is 0.259 e. The van der Waals surface area contributed by atoms with Gasteiger partial charge < -0.3 is 10.6 Å². The van der Waals surface area contributed by atoms with Gasteiger partial charge >= 0.3 is 0 Å². The highest BCUT2D eigenvalue weighted by molar-refractivity contribution is 7.08. The number of thiophene rings is 1. The highest BCUT2D eigenvalue weighted by Gasteiger charge is 2.11. The molecule has 18 heavy (non-hydrogen) atoms. The van der Waals surface area contributed by atoms with Gasteiger partial charge in [-0.25, -0.2) is 0 Å². The summed E-state index contributed by atoms with van der Waals surface area (Å²) in [4.78, 5) is 16.1. The maximum atomic E-state index is 12.1. The predicted octanol–water partition coefficient (Wildman–Crippen LogP) is 3.22. The van der Waals surface area contributed by atoms with Gasteiger partial charge in [0.2, 0.25) is 0 Å². The first-order valence-electron chi connectivity index (χ1n) is 5.82. The Balaban J connectivity index is 2.13. The van der Waals surface area contributed by atoms with Crippen molar-refractivity contribution in [2.24, 2.45) is 0 Å². The first kappa shape index (κ1) is 12.6. The van der Waals surface area contributed by atoms with E-state index in [1.54, 1.807) is 23.7 Å². The fourth-order valence-corrected chi connectivity index (χ4v) is 2.11. The second kappa shape index (κ2) is 6.16. The van der Waals surface area contributed by atoms with Crippen molar-refractivity contribution >= 4 is 28.6 Å². The van der Waals surface area contributed by atoms with Crippen LogP contribution >= 0.6 is 11.3 Å². The molecule has 2 aromatic rings. The zero-order chi connectivity index (χ0) is 12.8. The SMILES string of the molecule is CCCNc1ccncc1C(=O)Nc1ccsc1. The van der Waals surface area contributed by atoms with Gasteiger partial charge in [0.25, 0.3) is 5.91 Å². The molecule has 0 saturated carbocycles. The van der Waals surface area contributed by atoms with Gasteiger partial charge in [0.1, 0.15) is 0 Å². The van der Waals surface area contributed by atoms with Gasteiger partial charge in [-0.05, 0) is 23.9 Å².